The number of allylic oxidation sites excluding steroid dienone is 1. The molecule has 8 atom stereocenters. The lowest BCUT2D eigenvalue weighted by atomic mass is 9.46. The summed E-state index contributed by atoms with van der Waals surface area (Å²) < 4.78 is 0. The third-order valence-electron chi connectivity index (χ3n) is 8.29. The number of rotatable bonds is 1. The molecular weight excluding hydrogens is 332 g/mol. The number of aliphatic hydroxyl groups excluding tert-OH is 2. The van der Waals surface area contributed by atoms with E-state index in [0.717, 1.165) is 6.42 Å². The molecular formula is C21H28O5. The van der Waals surface area contributed by atoms with Crippen molar-refractivity contribution in [3.63, 3.8) is 0 Å². The van der Waals surface area contributed by atoms with Gasteiger partial charge in [0.05, 0.1) is 6.10 Å². The molecule has 26 heavy (non-hydrogen) atoms. The quantitative estimate of drug-likeness (QED) is 0.617. The molecule has 0 aliphatic heterocycles. The zero-order valence-corrected chi connectivity index (χ0v) is 15.6. The van der Waals surface area contributed by atoms with Gasteiger partial charge in [-0.1, -0.05) is 26.0 Å². The SMILES string of the molecule is CC(=O)[C@@]1(O)CC[C@H]2[C@@H]3C(O)C(=O)C4=CC(O)C=C[C@]4(C)[C@H]3CC[C@@]21C. The number of aliphatic hydroxyl groups is 3. The van der Waals surface area contributed by atoms with Gasteiger partial charge in [-0.05, 0) is 56.4 Å². The minimum atomic E-state index is -1.37. The van der Waals surface area contributed by atoms with Gasteiger partial charge in [0, 0.05) is 16.4 Å². The van der Waals surface area contributed by atoms with Crippen molar-refractivity contribution < 1.29 is 24.9 Å². The number of carbonyl (C=O) groups is 2. The fourth-order valence-corrected chi connectivity index (χ4v) is 6.73. The van der Waals surface area contributed by atoms with Crippen LogP contribution in [0.15, 0.2) is 23.8 Å². The standard InChI is InChI=1S/C21H28O5/c1-11(22)21(26)9-6-14-16-13(5-8-20(14,21)3)19(2)7-4-12(23)10-15(19)17(24)18(16)25/h4,7,10,12-14,16,18,23,25-26H,5-6,8-9H2,1-3H3/t12?,13-,14-,16+,18?,19+,20-,21-/m0/s1. The number of carbonyl (C=O) groups excluding carboxylic acids is 2. The minimum absolute atomic E-state index is 0.0533. The molecule has 3 N–H and O–H groups in total. The van der Waals surface area contributed by atoms with Crippen molar-refractivity contribution in [2.45, 2.75) is 64.3 Å². The van der Waals surface area contributed by atoms with Gasteiger partial charge in [-0.3, -0.25) is 9.59 Å². The van der Waals surface area contributed by atoms with Crippen molar-refractivity contribution in [3.05, 3.63) is 23.8 Å². The second-order valence-corrected chi connectivity index (χ2v) is 9.22. The van der Waals surface area contributed by atoms with Crippen molar-refractivity contribution in [1.29, 1.82) is 0 Å². The van der Waals surface area contributed by atoms with E-state index in [1.165, 1.54) is 6.92 Å². The van der Waals surface area contributed by atoms with Gasteiger partial charge in [-0.25, -0.2) is 0 Å². The van der Waals surface area contributed by atoms with Crippen LogP contribution < -0.4 is 0 Å². The number of Topliss-reactive ketones (excluding diaryl/α,β-unsaturated/α-hetero) is 2. The molecule has 0 radical (unpaired) electrons. The second-order valence-electron chi connectivity index (χ2n) is 9.22. The van der Waals surface area contributed by atoms with E-state index in [2.05, 4.69) is 0 Å². The van der Waals surface area contributed by atoms with Crippen LogP contribution in [0.4, 0.5) is 0 Å². The van der Waals surface area contributed by atoms with Gasteiger partial charge in [0.15, 0.2) is 11.6 Å². The van der Waals surface area contributed by atoms with Gasteiger partial charge in [0.1, 0.15) is 11.7 Å². The van der Waals surface area contributed by atoms with Crippen molar-refractivity contribution in [3.8, 4) is 0 Å². The molecule has 0 aromatic carbocycles. The Morgan fingerprint density at radius 3 is 2.46 bits per heavy atom. The molecule has 4 aliphatic carbocycles. The molecule has 4 rings (SSSR count). The van der Waals surface area contributed by atoms with Gasteiger partial charge in [0.2, 0.25) is 0 Å². The monoisotopic (exact) mass is 360 g/mol. The highest BCUT2D eigenvalue weighted by molar-refractivity contribution is 6.02. The molecule has 0 amide bonds. The highest BCUT2D eigenvalue weighted by Crippen LogP contribution is 2.66. The van der Waals surface area contributed by atoms with Crippen molar-refractivity contribution in [2.75, 3.05) is 0 Å². The Labute approximate surface area is 153 Å². The van der Waals surface area contributed by atoms with E-state index >= 15 is 0 Å². The zero-order chi connectivity index (χ0) is 19.1. The Morgan fingerprint density at radius 1 is 1.15 bits per heavy atom. The third kappa shape index (κ3) is 1.97. The Bertz CT molecular complexity index is 739. The van der Waals surface area contributed by atoms with Crippen molar-refractivity contribution in [1.82, 2.24) is 0 Å². The van der Waals surface area contributed by atoms with Crippen LogP contribution in [-0.2, 0) is 9.59 Å². The summed E-state index contributed by atoms with van der Waals surface area (Å²) in [5.74, 6) is -0.841. The van der Waals surface area contributed by atoms with Crippen LogP contribution in [0.1, 0.15) is 46.5 Å². The summed E-state index contributed by atoms with van der Waals surface area (Å²) in [5.41, 5.74) is -2.00. The minimum Gasteiger partial charge on any atom is -0.385 e. The average Bonchev–Trinajstić information content (AvgIpc) is 2.87. The van der Waals surface area contributed by atoms with E-state index in [9.17, 15) is 24.9 Å². The molecule has 5 nitrogen and oxygen atoms in total. The summed E-state index contributed by atoms with van der Waals surface area (Å²) in [7, 11) is 0. The Morgan fingerprint density at radius 2 is 1.81 bits per heavy atom. The lowest BCUT2D eigenvalue weighted by Crippen LogP contribution is -2.61. The summed E-state index contributed by atoms with van der Waals surface area (Å²) in [6.07, 6.45) is 5.70. The van der Waals surface area contributed by atoms with E-state index in [0.29, 0.717) is 24.8 Å². The number of hydrogen-bond acceptors (Lipinski definition) is 5. The molecule has 5 heteroatoms. The van der Waals surface area contributed by atoms with Crippen LogP contribution in [0.3, 0.4) is 0 Å². The van der Waals surface area contributed by atoms with E-state index < -0.39 is 28.6 Å². The maximum absolute atomic E-state index is 13.0. The fourth-order valence-electron chi connectivity index (χ4n) is 6.73. The number of hydrogen-bond donors (Lipinski definition) is 3. The van der Waals surface area contributed by atoms with Gasteiger partial charge in [-0.2, -0.15) is 0 Å². The maximum Gasteiger partial charge on any atom is 0.188 e. The Hall–Kier alpha value is -1.30. The Balaban J connectivity index is 1.80. The summed E-state index contributed by atoms with van der Waals surface area (Å²) in [4.78, 5) is 25.2. The third-order valence-corrected chi connectivity index (χ3v) is 8.29. The Kier molecular flexibility index (Phi) is 3.73. The molecule has 0 saturated heterocycles. The smallest absolute Gasteiger partial charge is 0.188 e. The predicted molar refractivity (Wildman–Crippen MR) is 95.0 cm³/mol. The van der Waals surface area contributed by atoms with Gasteiger partial charge >= 0.3 is 0 Å². The second kappa shape index (κ2) is 5.37. The molecule has 0 spiro atoms. The average molecular weight is 360 g/mol. The van der Waals surface area contributed by atoms with Crippen LogP contribution in [0.5, 0.6) is 0 Å². The summed E-state index contributed by atoms with van der Waals surface area (Å²) in [6.45, 7) is 5.40. The first kappa shape index (κ1) is 18.1. The summed E-state index contributed by atoms with van der Waals surface area (Å²) in [5, 5.41) is 32.0. The predicted octanol–water partition coefficient (Wildman–Crippen LogP) is 1.56. The molecule has 3 fully saturated rings. The summed E-state index contributed by atoms with van der Waals surface area (Å²) >= 11 is 0. The first-order chi connectivity index (χ1) is 12.1. The highest BCUT2D eigenvalue weighted by Gasteiger charge is 2.68. The molecule has 4 aliphatic rings. The van der Waals surface area contributed by atoms with Crippen LogP contribution in [0.25, 0.3) is 0 Å². The van der Waals surface area contributed by atoms with E-state index in [4.69, 9.17) is 0 Å². The normalized spacial score (nSPS) is 52.8. The molecule has 2 unspecified atom stereocenters. The molecule has 3 saturated carbocycles. The maximum atomic E-state index is 13.0. The van der Waals surface area contributed by atoms with Gasteiger partial charge < -0.3 is 15.3 Å². The lowest BCUT2D eigenvalue weighted by Gasteiger charge is -2.58. The lowest BCUT2D eigenvalue weighted by molar-refractivity contribution is -0.169. The zero-order valence-electron chi connectivity index (χ0n) is 15.6. The van der Waals surface area contributed by atoms with Gasteiger partial charge in [0.25, 0.3) is 0 Å². The van der Waals surface area contributed by atoms with Crippen molar-refractivity contribution >= 4 is 11.6 Å². The van der Waals surface area contributed by atoms with E-state index in [1.807, 2.05) is 19.9 Å². The topological polar surface area (TPSA) is 94.8 Å². The fraction of sp³-hybridized carbons (Fsp3) is 0.714. The van der Waals surface area contributed by atoms with Crippen LogP contribution in [0.2, 0.25) is 0 Å². The highest BCUT2D eigenvalue weighted by atomic mass is 16.3. The van der Waals surface area contributed by atoms with E-state index in [1.54, 1.807) is 12.2 Å². The molecule has 0 bridgehead atoms. The molecule has 0 aromatic rings. The van der Waals surface area contributed by atoms with Crippen LogP contribution in [-0.4, -0.2) is 44.7 Å². The van der Waals surface area contributed by atoms with Crippen LogP contribution in [0, 0.1) is 28.6 Å². The number of fused-ring (bicyclic) bond motifs is 5. The largest absolute Gasteiger partial charge is 0.385 e. The first-order valence-corrected chi connectivity index (χ1v) is 9.62. The molecule has 0 aromatic heterocycles. The molecule has 142 valence electrons. The molecule has 0 heterocycles. The van der Waals surface area contributed by atoms with Crippen LogP contribution >= 0.6 is 0 Å². The van der Waals surface area contributed by atoms with Crippen molar-refractivity contribution in [2.24, 2.45) is 28.6 Å². The first-order valence-electron chi connectivity index (χ1n) is 9.62. The summed E-state index contributed by atoms with van der Waals surface area (Å²) in [6, 6.07) is 0. The number of ketones is 2. The van der Waals surface area contributed by atoms with Gasteiger partial charge in [-0.15, -0.1) is 0 Å². The van der Waals surface area contributed by atoms with E-state index in [-0.39, 0.29) is 29.3 Å².